The van der Waals surface area contributed by atoms with Crippen molar-refractivity contribution in [3.63, 3.8) is 0 Å². The van der Waals surface area contributed by atoms with Crippen LogP contribution >= 0.6 is 24.2 Å². The molecule has 80 valence electrons. The molecule has 1 heterocycles. The maximum Gasteiger partial charge on any atom is 0.156 e. The van der Waals surface area contributed by atoms with Gasteiger partial charge in [0.25, 0.3) is 0 Å². The quantitative estimate of drug-likeness (QED) is 0.879. The van der Waals surface area contributed by atoms with Gasteiger partial charge in [-0.05, 0) is 12.1 Å². The number of aromatic nitrogens is 2. The summed E-state index contributed by atoms with van der Waals surface area (Å²) in [6.07, 6.45) is 1.72. The van der Waals surface area contributed by atoms with Gasteiger partial charge in [0.05, 0.1) is 6.33 Å². The minimum Gasteiger partial charge on any atom is -0.381 e. The molecule has 2 rings (SSSR count). The summed E-state index contributed by atoms with van der Waals surface area (Å²) in [6.45, 7) is 0. The molecule has 15 heavy (non-hydrogen) atoms. The molecule has 0 aliphatic rings. The molecule has 0 atom stereocenters. The van der Waals surface area contributed by atoms with Gasteiger partial charge in [-0.25, -0.2) is 4.98 Å². The highest BCUT2D eigenvalue weighted by molar-refractivity contribution is 7.99. The topological polar surface area (TPSA) is 43.8 Å². The average Bonchev–Trinajstić information content (AvgIpc) is 2.51. The number of imidazole rings is 1. The third kappa shape index (κ3) is 2.67. The maximum atomic E-state index is 5.74. The third-order valence-electron chi connectivity index (χ3n) is 1.87. The lowest BCUT2D eigenvalue weighted by Crippen LogP contribution is -1.91. The van der Waals surface area contributed by atoms with Crippen molar-refractivity contribution in [3.8, 4) is 0 Å². The fourth-order valence-corrected chi connectivity index (χ4v) is 2.03. The number of rotatable bonds is 2. The standard InChI is InChI=1S/C10H11N3S.ClH/c1-13-7-12-9(11)10(13)14-8-5-3-2-4-6-8;/h2-7H,11H2,1H3;1H. The zero-order chi connectivity index (χ0) is 9.97. The molecule has 0 fully saturated rings. The summed E-state index contributed by atoms with van der Waals surface area (Å²) in [7, 11) is 1.94. The number of hydrogen-bond acceptors (Lipinski definition) is 3. The molecule has 0 amide bonds. The Morgan fingerprint density at radius 1 is 1.27 bits per heavy atom. The van der Waals surface area contributed by atoms with Crippen LogP contribution in [0, 0.1) is 0 Å². The van der Waals surface area contributed by atoms with Gasteiger partial charge in [0.1, 0.15) is 5.03 Å². The van der Waals surface area contributed by atoms with Crippen molar-refractivity contribution < 1.29 is 0 Å². The van der Waals surface area contributed by atoms with E-state index in [0.717, 1.165) is 5.03 Å². The number of hydrogen-bond donors (Lipinski definition) is 1. The Hall–Kier alpha value is -1.13. The van der Waals surface area contributed by atoms with Crippen molar-refractivity contribution in [1.29, 1.82) is 0 Å². The summed E-state index contributed by atoms with van der Waals surface area (Å²) in [6, 6.07) is 10.1. The van der Waals surface area contributed by atoms with Gasteiger partial charge in [0.2, 0.25) is 0 Å². The number of aryl methyl sites for hydroxylation is 1. The Morgan fingerprint density at radius 3 is 2.47 bits per heavy atom. The molecule has 0 radical (unpaired) electrons. The molecule has 3 nitrogen and oxygen atoms in total. The van der Waals surface area contributed by atoms with Crippen LogP contribution < -0.4 is 5.73 Å². The summed E-state index contributed by atoms with van der Waals surface area (Å²) < 4.78 is 1.92. The fraction of sp³-hybridized carbons (Fsp3) is 0.100. The van der Waals surface area contributed by atoms with E-state index in [-0.39, 0.29) is 12.4 Å². The van der Waals surface area contributed by atoms with Gasteiger partial charge < -0.3 is 10.3 Å². The SMILES string of the molecule is Cl.Cn1cnc(N)c1Sc1ccccc1. The van der Waals surface area contributed by atoms with Gasteiger partial charge in [-0.15, -0.1) is 12.4 Å². The van der Waals surface area contributed by atoms with Crippen LogP contribution in [0.3, 0.4) is 0 Å². The van der Waals surface area contributed by atoms with E-state index in [1.54, 1.807) is 18.1 Å². The second-order valence-electron chi connectivity index (χ2n) is 2.96. The van der Waals surface area contributed by atoms with Crippen molar-refractivity contribution in [2.75, 3.05) is 5.73 Å². The average molecular weight is 242 g/mol. The largest absolute Gasteiger partial charge is 0.381 e. The van der Waals surface area contributed by atoms with Gasteiger partial charge in [-0.1, -0.05) is 30.0 Å². The van der Waals surface area contributed by atoms with Gasteiger partial charge in [0, 0.05) is 11.9 Å². The Kier molecular flexibility index (Phi) is 4.05. The minimum absolute atomic E-state index is 0. The molecule has 1 aromatic heterocycles. The molecule has 5 heteroatoms. The van der Waals surface area contributed by atoms with Crippen LogP contribution in [0.25, 0.3) is 0 Å². The Labute approximate surface area is 99.1 Å². The maximum absolute atomic E-state index is 5.74. The second-order valence-corrected chi connectivity index (χ2v) is 4.02. The first-order valence-corrected chi connectivity index (χ1v) is 5.08. The van der Waals surface area contributed by atoms with Gasteiger partial charge in [-0.3, -0.25) is 0 Å². The first-order valence-electron chi connectivity index (χ1n) is 4.27. The van der Waals surface area contributed by atoms with Crippen LogP contribution in [-0.4, -0.2) is 9.55 Å². The molecule has 2 aromatic rings. The van der Waals surface area contributed by atoms with Crippen molar-refractivity contribution in [2.24, 2.45) is 7.05 Å². The molecular formula is C10H12ClN3S. The van der Waals surface area contributed by atoms with Crippen molar-refractivity contribution in [2.45, 2.75) is 9.92 Å². The predicted molar refractivity (Wildman–Crippen MR) is 65.4 cm³/mol. The molecule has 1 aromatic carbocycles. The number of nitrogen functional groups attached to an aromatic ring is 1. The van der Waals surface area contributed by atoms with E-state index in [4.69, 9.17) is 5.73 Å². The smallest absolute Gasteiger partial charge is 0.156 e. The normalized spacial score (nSPS) is 9.67. The predicted octanol–water partition coefficient (Wildman–Crippen LogP) is 2.58. The molecule has 2 N–H and O–H groups in total. The van der Waals surface area contributed by atoms with Crippen molar-refractivity contribution >= 4 is 30.0 Å². The molecule has 0 aliphatic carbocycles. The highest BCUT2D eigenvalue weighted by Crippen LogP contribution is 2.30. The van der Waals surface area contributed by atoms with E-state index in [1.165, 1.54) is 4.90 Å². The number of halogens is 1. The zero-order valence-electron chi connectivity index (χ0n) is 8.25. The van der Waals surface area contributed by atoms with E-state index in [9.17, 15) is 0 Å². The Morgan fingerprint density at radius 2 is 1.93 bits per heavy atom. The zero-order valence-corrected chi connectivity index (χ0v) is 9.89. The van der Waals surface area contributed by atoms with E-state index in [1.807, 2.05) is 29.8 Å². The van der Waals surface area contributed by atoms with Crippen LogP contribution in [0.1, 0.15) is 0 Å². The summed E-state index contributed by atoms with van der Waals surface area (Å²) in [4.78, 5) is 5.20. The molecule has 0 bridgehead atoms. The second kappa shape index (κ2) is 5.09. The van der Waals surface area contributed by atoms with E-state index < -0.39 is 0 Å². The molecule has 0 saturated heterocycles. The summed E-state index contributed by atoms with van der Waals surface area (Å²) in [5.74, 6) is 0.585. The monoisotopic (exact) mass is 241 g/mol. The van der Waals surface area contributed by atoms with Crippen LogP contribution in [0.15, 0.2) is 46.6 Å². The van der Waals surface area contributed by atoms with E-state index in [0.29, 0.717) is 5.82 Å². The lowest BCUT2D eigenvalue weighted by molar-refractivity contribution is 0.826. The van der Waals surface area contributed by atoms with Crippen LogP contribution in [0.5, 0.6) is 0 Å². The number of nitrogens with zero attached hydrogens (tertiary/aromatic N) is 2. The first kappa shape index (κ1) is 11.9. The summed E-state index contributed by atoms with van der Waals surface area (Å²) in [5.41, 5.74) is 5.74. The van der Waals surface area contributed by atoms with Gasteiger partial charge in [0.15, 0.2) is 5.82 Å². The summed E-state index contributed by atoms with van der Waals surface area (Å²) in [5, 5.41) is 0.983. The minimum atomic E-state index is 0. The van der Waals surface area contributed by atoms with Gasteiger partial charge in [-0.2, -0.15) is 0 Å². The lowest BCUT2D eigenvalue weighted by Gasteiger charge is -2.02. The molecule has 0 spiro atoms. The van der Waals surface area contributed by atoms with Crippen LogP contribution in [-0.2, 0) is 7.05 Å². The van der Waals surface area contributed by atoms with Crippen molar-refractivity contribution in [3.05, 3.63) is 36.7 Å². The lowest BCUT2D eigenvalue weighted by atomic mass is 10.4. The van der Waals surface area contributed by atoms with Crippen LogP contribution in [0.2, 0.25) is 0 Å². The highest BCUT2D eigenvalue weighted by atomic mass is 35.5. The fourth-order valence-electron chi connectivity index (χ4n) is 1.16. The summed E-state index contributed by atoms with van der Waals surface area (Å²) >= 11 is 1.62. The Balaban J connectivity index is 0.00000112. The number of nitrogens with two attached hydrogens (primary N) is 1. The third-order valence-corrected chi connectivity index (χ3v) is 3.07. The molecular weight excluding hydrogens is 230 g/mol. The van der Waals surface area contributed by atoms with E-state index >= 15 is 0 Å². The highest BCUT2D eigenvalue weighted by Gasteiger charge is 2.06. The number of anilines is 1. The first-order chi connectivity index (χ1) is 6.77. The van der Waals surface area contributed by atoms with Crippen molar-refractivity contribution in [1.82, 2.24) is 9.55 Å². The van der Waals surface area contributed by atoms with E-state index in [2.05, 4.69) is 17.1 Å². The van der Waals surface area contributed by atoms with Gasteiger partial charge >= 0.3 is 0 Å². The molecule has 0 aliphatic heterocycles. The Bertz CT molecular complexity index is 408. The molecule has 0 unspecified atom stereocenters. The number of benzene rings is 1. The molecule has 0 saturated carbocycles. The van der Waals surface area contributed by atoms with Crippen LogP contribution in [0.4, 0.5) is 5.82 Å².